The largest absolute Gasteiger partial charge is 0.366 e. The van der Waals surface area contributed by atoms with E-state index in [1.54, 1.807) is 6.08 Å². The van der Waals surface area contributed by atoms with Crippen LogP contribution in [-0.2, 0) is 4.79 Å². The zero-order valence-corrected chi connectivity index (χ0v) is 14.8. The van der Waals surface area contributed by atoms with Crippen LogP contribution in [0.3, 0.4) is 0 Å². The molecule has 4 aromatic rings. The van der Waals surface area contributed by atoms with Crippen molar-refractivity contribution in [2.45, 2.75) is 0 Å². The van der Waals surface area contributed by atoms with Crippen LogP contribution in [0.25, 0.3) is 39.0 Å². The van der Waals surface area contributed by atoms with Gasteiger partial charge in [0, 0.05) is 29.5 Å². The number of rotatable bonds is 2. The Bertz CT molecular complexity index is 1270. The number of hydrogen-bond donors (Lipinski definition) is 1. The first-order valence-electron chi connectivity index (χ1n) is 8.80. The normalized spacial score (nSPS) is 12.7. The van der Waals surface area contributed by atoms with Gasteiger partial charge in [0.2, 0.25) is 5.91 Å². The Hall–Kier alpha value is -3.66. The van der Waals surface area contributed by atoms with Gasteiger partial charge in [-0.3, -0.25) is 4.79 Å². The summed E-state index contributed by atoms with van der Waals surface area (Å²) in [4.78, 5) is 18.3. The number of nitrogens with zero attached hydrogens (tertiary/aromatic N) is 2. The lowest BCUT2D eigenvalue weighted by atomic mass is 9.93. The molecule has 0 unspecified atom stereocenters. The number of benzene rings is 3. The fourth-order valence-electron chi connectivity index (χ4n) is 3.91. The number of fused-ring (bicyclic) bond motifs is 4. The second-order valence-electron chi connectivity index (χ2n) is 6.75. The van der Waals surface area contributed by atoms with Gasteiger partial charge in [-0.05, 0) is 41.3 Å². The molecule has 0 saturated carbocycles. The van der Waals surface area contributed by atoms with Gasteiger partial charge in [0.05, 0.1) is 22.6 Å². The highest BCUT2D eigenvalue weighted by atomic mass is 16.1. The van der Waals surface area contributed by atoms with Crippen molar-refractivity contribution in [2.75, 3.05) is 11.9 Å². The molecule has 1 amide bonds. The molecule has 27 heavy (non-hydrogen) atoms. The fraction of sp³-hybridized carbons (Fsp3) is 0.0435. The quantitative estimate of drug-likeness (QED) is 0.423. The Morgan fingerprint density at radius 3 is 2.67 bits per heavy atom. The number of carbonyl (C=O) groups excluding carboxylic acids is 1. The molecular weight excluding hydrogens is 334 g/mol. The molecule has 1 aliphatic rings. The highest BCUT2D eigenvalue weighted by Crippen LogP contribution is 2.47. The van der Waals surface area contributed by atoms with Gasteiger partial charge >= 0.3 is 0 Å². The van der Waals surface area contributed by atoms with E-state index < -0.39 is 5.91 Å². The van der Waals surface area contributed by atoms with Gasteiger partial charge in [-0.25, -0.2) is 4.98 Å². The molecule has 0 bridgehead atoms. The number of primary amides is 1. The van der Waals surface area contributed by atoms with Gasteiger partial charge in [-0.2, -0.15) is 0 Å². The Morgan fingerprint density at radius 2 is 1.81 bits per heavy atom. The second kappa shape index (κ2) is 5.68. The second-order valence-corrected chi connectivity index (χ2v) is 6.75. The van der Waals surface area contributed by atoms with Crippen LogP contribution in [0.5, 0.6) is 0 Å². The summed E-state index contributed by atoms with van der Waals surface area (Å²) in [5, 5.41) is 3.38. The van der Waals surface area contributed by atoms with Crippen LogP contribution in [-0.4, -0.2) is 17.9 Å². The lowest BCUT2D eigenvalue weighted by Gasteiger charge is -2.30. The van der Waals surface area contributed by atoms with E-state index in [1.165, 1.54) is 6.08 Å². The molecule has 130 valence electrons. The minimum absolute atomic E-state index is 0.455. The van der Waals surface area contributed by atoms with E-state index in [-0.39, 0.29) is 0 Å². The summed E-state index contributed by atoms with van der Waals surface area (Å²) in [7, 11) is 2.09. The third-order valence-electron chi connectivity index (χ3n) is 5.14. The summed E-state index contributed by atoms with van der Waals surface area (Å²) in [6.07, 6.45) is 3.11. The van der Waals surface area contributed by atoms with Crippen molar-refractivity contribution in [3.63, 3.8) is 0 Å². The third-order valence-corrected chi connectivity index (χ3v) is 5.14. The summed E-state index contributed by atoms with van der Waals surface area (Å²) in [6.45, 7) is 0. The molecule has 5 rings (SSSR count). The third kappa shape index (κ3) is 2.30. The van der Waals surface area contributed by atoms with E-state index in [4.69, 9.17) is 10.7 Å². The van der Waals surface area contributed by atoms with Crippen LogP contribution in [0, 0.1) is 0 Å². The van der Waals surface area contributed by atoms with E-state index in [0.29, 0.717) is 0 Å². The topological polar surface area (TPSA) is 59.2 Å². The van der Waals surface area contributed by atoms with E-state index in [1.807, 2.05) is 12.1 Å². The molecule has 2 heterocycles. The van der Waals surface area contributed by atoms with Gasteiger partial charge in [-0.15, -0.1) is 0 Å². The fourth-order valence-corrected chi connectivity index (χ4v) is 3.91. The Kier molecular flexibility index (Phi) is 3.28. The van der Waals surface area contributed by atoms with Gasteiger partial charge in [0.15, 0.2) is 0 Å². The lowest BCUT2D eigenvalue weighted by Crippen LogP contribution is -2.15. The molecule has 2 N–H and O–H groups in total. The minimum atomic E-state index is -0.455. The van der Waals surface area contributed by atoms with E-state index >= 15 is 0 Å². The molecule has 1 aliphatic heterocycles. The maximum Gasteiger partial charge on any atom is 0.241 e. The molecule has 0 atom stereocenters. The monoisotopic (exact) mass is 351 g/mol. The van der Waals surface area contributed by atoms with Crippen molar-refractivity contribution in [1.82, 2.24) is 4.98 Å². The van der Waals surface area contributed by atoms with E-state index in [2.05, 4.69) is 60.5 Å². The molecule has 0 radical (unpaired) electrons. The molecule has 0 spiro atoms. The SMILES string of the molecule is CN1c2ccccc2-c2nc3ccc(C=CC(N)=O)cc3c3cccc1c23. The molecule has 0 fully saturated rings. The average Bonchev–Trinajstić information content (AvgIpc) is 2.70. The molecule has 4 nitrogen and oxygen atoms in total. The van der Waals surface area contributed by atoms with Crippen molar-refractivity contribution >= 4 is 45.0 Å². The molecule has 0 aliphatic carbocycles. The minimum Gasteiger partial charge on any atom is -0.366 e. The van der Waals surface area contributed by atoms with Crippen molar-refractivity contribution in [3.8, 4) is 11.3 Å². The van der Waals surface area contributed by atoms with Crippen molar-refractivity contribution < 1.29 is 4.79 Å². The first kappa shape index (κ1) is 15.6. The molecule has 0 saturated heterocycles. The lowest BCUT2D eigenvalue weighted by molar-refractivity contribution is -0.113. The molecule has 1 aromatic heterocycles. The average molecular weight is 351 g/mol. The van der Waals surface area contributed by atoms with E-state index in [9.17, 15) is 4.79 Å². The number of hydrogen-bond acceptors (Lipinski definition) is 3. The highest BCUT2D eigenvalue weighted by molar-refractivity contribution is 6.19. The first-order chi connectivity index (χ1) is 13.1. The van der Waals surface area contributed by atoms with Crippen LogP contribution < -0.4 is 10.6 Å². The van der Waals surface area contributed by atoms with Crippen LogP contribution in [0.1, 0.15) is 5.56 Å². The highest BCUT2D eigenvalue weighted by Gasteiger charge is 2.24. The zero-order valence-electron chi connectivity index (χ0n) is 14.8. The summed E-state index contributed by atoms with van der Waals surface area (Å²) >= 11 is 0. The smallest absolute Gasteiger partial charge is 0.241 e. The number of amides is 1. The van der Waals surface area contributed by atoms with Crippen LogP contribution >= 0.6 is 0 Å². The predicted molar refractivity (Wildman–Crippen MR) is 111 cm³/mol. The first-order valence-corrected chi connectivity index (χ1v) is 8.80. The molecular formula is C23H17N3O. The summed E-state index contributed by atoms with van der Waals surface area (Å²) in [6, 6.07) is 20.7. The zero-order chi connectivity index (χ0) is 18.5. The maximum absolute atomic E-state index is 11.1. The van der Waals surface area contributed by atoms with Crippen LogP contribution in [0.15, 0.2) is 66.7 Å². The predicted octanol–water partition coefficient (Wildman–Crippen LogP) is 4.63. The summed E-state index contributed by atoms with van der Waals surface area (Å²) in [5.74, 6) is -0.455. The van der Waals surface area contributed by atoms with Gasteiger partial charge in [0.25, 0.3) is 0 Å². The summed E-state index contributed by atoms with van der Waals surface area (Å²) in [5.41, 5.74) is 11.5. The van der Waals surface area contributed by atoms with Gasteiger partial charge < -0.3 is 10.6 Å². The molecule has 4 heteroatoms. The van der Waals surface area contributed by atoms with Crippen molar-refractivity contribution in [3.05, 3.63) is 72.3 Å². The standard InChI is InChI=1S/C23H17N3O/c1-26-19-7-3-2-5-16(19)23-22-15(6-4-8-20(22)26)17-13-14(10-12-21(24)27)9-11-18(17)25-23/h2-13H,1H3,(H2,24,27). The van der Waals surface area contributed by atoms with Gasteiger partial charge in [-0.1, -0.05) is 36.4 Å². The Labute approximate surface area is 156 Å². The van der Waals surface area contributed by atoms with Crippen molar-refractivity contribution in [2.24, 2.45) is 5.73 Å². The Morgan fingerprint density at radius 1 is 1.00 bits per heavy atom. The van der Waals surface area contributed by atoms with Gasteiger partial charge in [0.1, 0.15) is 0 Å². The number of nitrogens with two attached hydrogens (primary N) is 1. The Balaban J connectivity index is 1.88. The summed E-state index contributed by atoms with van der Waals surface area (Å²) < 4.78 is 0. The van der Waals surface area contributed by atoms with Crippen LogP contribution in [0.2, 0.25) is 0 Å². The maximum atomic E-state index is 11.1. The number of pyridine rings is 1. The number of carbonyl (C=O) groups is 1. The molecule has 3 aromatic carbocycles. The number of para-hydroxylation sites is 1. The van der Waals surface area contributed by atoms with Crippen molar-refractivity contribution in [1.29, 1.82) is 0 Å². The number of anilines is 2. The van der Waals surface area contributed by atoms with E-state index in [0.717, 1.165) is 49.9 Å². The van der Waals surface area contributed by atoms with Crippen LogP contribution in [0.4, 0.5) is 11.4 Å². The number of aromatic nitrogens is 1.